The molecule has 2 aromatic rings. The third-order valence-corrected chi connectivity index (χ3v) is 3.04. The zero-order valence-corrected chi connectivity index (χ0v) is 12.0. The van der Waals surface area contributed by atoms with Crippen molar-refractivity contribution in [2.24, 2.45) is 5.73 Å². The fourth-order valence-electron chi connectivity index (χ4n) is 1.97. The summed E-state index contributed by atoms with van der Waals surface area (Å²) in [5.74, 6) is 1.72. The van der Waals surface area contributed by atoms with Crippen molar-refractivity contribution in [1.82, 2.24) is 0 Å². The fourth-order valence-corrected chi connectivity index (χ4v) is 1.97. The molecule has 20 heavy (non-hydrogen) atoms. The highest BCUT2D eigenvalue weighted by Crippen LogP contribution is 2.18. The molecule has 3 heteroatoms. The van der Waals surface area contributed by atoms with E-state index in [9.17, 15) is 0 Å². The zero-order valence-electron chi connectivity index (χ0n) is 12.0. The number of benzene rings is 2. The third kappa shape index (κ3) is 4.00. The summed E-state index contributed by atoms with van der Waals surface area (Å²) in [4.78, 5) is 0. The summed E-state index contributed by atoms with van der Waals surface area (Å²) < 4.78 is 11.1. The lowest BCUT2D eigenvalue weighted by atomic mass is 10.1. The first kappa shape index (κ1) is 14.4. The maximum Gasteiger partial charge on any atom is 0.119 e. The molecular weight excluding hydrogens is 250 g/mol. The van der Waals surface area contributed by atoms with Crippen molar-refractivity contribution >= 4 is 0 Å². The lowest BCUT2D eigenvalue weighted by Crippen LogP contribution is -2.18. The molecule has 0 aliphatic heterocycles. The normalized spacial score (nSPS) is 11.9. The number of aryl methyl sites for hydroxylation is 1. The molecule has 0 aromatic heterocycles. The van der Waals surface area contributed by atoms with E-state index in [-0.39, 0.29) is 6.04 Å². The van der Waals surface area contributed by atoms with Gasteiger partial charge in [-0.25, -0.2) is 0 Å². The van der Waals surface area contributed by atoms with E-state index in [1.54, 1.807) is 0 Å². The van der Waals surface area contributed by atoms with Crippen molar-refractivity contribution in [3.8, 4) is 11.5 Å². The first-order valence-electron chi connectivity index (χ1n) is 6.87. The van der Waals surface area contributed by atoms with Crippen LogP contribution in [0.5, 0.6) is 11.5 Å². The topological polar surface area (TPSA) is 44.5 Å². The second-order valence-corrected chi connectivity index (χ2v) is 4.74. The van der Waals surface area contributed by atoms with Gasteiger partial charge in [-0.3, -0.25) is 0 Å². The average Bonchev–Trinajstić information content (AvgIpc) is 2.46. The Balaban J connectivity index is 1.92. The van der Waals surface area contributed by atoms with Crippen LogP contribution in [0.3, 0.4) is 0 Å². The molecule has 2 N–H and O–H groups in total. The molecule has 0 aliphatic rings. The van der Waals surface area contributed by atoms with Crippen molar-refractivity contribution in [3.63, 3.8) is 0 Å². The second kappa shape index (κ2) is 6.96. The first-order valence-corrected chi connectivity index (χ1v) is 6.87. The van der Waals surface area contributed by atoms with Crippen molar-refractivity contribution in [2.45, 2.75) is 19.9 Å². The van der Waals surface area contributed by atoms with Gasteiger partial charge in [0.15, 0.2) is 0 Å². The molecule has 1 atom stereocenters. The number of hydrogen-bond acceptors (Lipinski definition) is 3. The van der Waals surface area contributed by atoms with Gasteiger partial charge < -0.3 is 15.2 Å². The van der Waals surface area contributed by atoms with Gasteiger partial charge in [0.2, 0.25) is 0 Å². The summed E-state index contributed by atoms with van der Waals surface area (Å²) in [6.45, 7) is 5.13. The van der Waals surface area contributed by atoms with Crippen LogP contribution in [-0.4, -0.2) is 13.2 Å². The van der Waals surface area contributed by atoms with Crippen LogP contribution >= 0.6 is 0 Å². The zero-order chi connectivity index (χ0) is 14.4. The van der Waals surface area contributed by atoms with Crippen molar-refractivity contribution < 1.29 is 9.47 Å². The Bertz CT molecular complexity index is 537. The molecule has 0 radical (unpaired) electrons. The number of ether oxygens (including phenoxy) is 2. The Morgan fingerprint density at radius 1 is 1.00 bits per heavy atom. The summed E-state index contributed by atoms with van der Waals surface area (Å²) in [6, 6.07) is 15.7. The second-order valence-electron chi connectivity index (χ2n) is 4.74. The molecule has 2 rings (SSSR count). The van der Waals surface area contributed by atoms with Gasteiger partial charge in [-0.1, -0.05) is 24.3 Å². The molecule has 106 valence electrons. The minimum Gasteiger partial charge on any atom is -0.494 e. The van der Waals surface area contributed by atoms with Gasteiger partial charge in [0.05, 0.1) is 12.6 Å². The van der Waals surface area contributed by atoms with Gasteiger partial charge >= 0.3 is 0 Å². The predicted octanol–water partition coefficient (Wildman–Crippen LogP) is 3.47. The van der Waals surface area contributed by atoms with E-state index in [0.29, 0.717) is 13.2 Å². The van der Waals surface area contributed by atoms with Crippen LogP contribution in [0.1, 0.15) is 24.1 Å². The van der Waals surface area contributed by atoms with Crippen LogP contribution in [0.4, 0.5) is 0 Å². The summed E-state index contributed by atoms with van der Waals surface area (Å²) in [5.41, 5.74) is 8.36. The van der Waals surface area contributed by atoms with Crippen LogP contribution < -0.4 is 15.2 Å². The quantitative estimate of drug-likeness (QED) is 0.875. The highest BCUT2D eigenvalue weighted by atomic mass is 16.5. The maximum absolute atomic E-state index is 6.14. The van der Waals surface area contributed by atoms with Crippen LogP contribution in [0.2, 0.25) is 0 Å². The fraction of sp³-hybridized carbons (Fsp3) is 0.294. The third-order valence-electron chi connectivity index (χ3n) is 3.04. The minimum absolute atomic E-state index is 0.147. The van der Waals surface area contributed by atoms with Crippen molar-refractivity contribution in [2.75, 3.05) is 13.2 Å². The standard InChI is InChI=1S/C17H21NO2/c1-3-19-15-9-7-14(8-10-15)17(18)12-20-16-6-4-5-13(2)11-16/h4-11,17H,3,12,18H2,1-2H3. The van der Waals surface area contributed by atoms with Gasteiger partial charge in [-0.2, -0.15) is 0 Å². The first-order chi connectivity index (χ1) is 9.69. The van der Waals surface area contributed by atoms with Crippen LogP contribution in [0.25, 0.3) is 0 Å². The molecule has 1 unspecified atom stereocenters. The molecule has 0 bridgehead atoms. The average molecular weight is 271 g/mol. The van der Waals surface area contributed by atoms with Crippen molar-refractivity contribution in [1.29, 1.82) is 0 Å². The lowest BCUT2D eigenvalue weighted by molar-refractivity contribution is 0.290. The number of nitrogens with two attached hydrogens (primary N) is 1. The number of hydrogen-bond donors (Lipinski definition) is 1. The Morgan fingerprint density at radius 3 is 2.40 bits per heavy atom. The highest BCUT2D eigenvalue weighted by molar-refractivity contribution is 5.30. The van der Waals surface area contributed by atoms with Crippen LogP contribution in [0.15, 0.2) is 48.5 Å². The van der Waals surface area contributed by atoms with Crippen LogP contribution in [0, 0.1) is 6.92 Å². The maximum atomic E-state index is 6.14. The number of rotatable bonds is 6. The van der Waals surface area contributed by atoms with Gasteiger partial charge in [-0.15, -0.1) is 0 Å². The van der Waals surface area contributed by atoms with Crippen molar-refractivity contribution in [3.05, 3.63) is 59.7 Å². The molecule has 0 fully saturated rings. The van der Waals surface area contributed by atoms with E-state index >= 15 is 0 Å². The SMILES string of the molecule is CCOc1ccc(C(N)COc2cccc(C)c2)cc1. The molecule has 3 nitrogen and oxygen atoms in total. The Labute approximate surface area is 120 Å². The summed E-state index contributed by atoms with van der Waals surface area (Å²) >= 11 is 0. The lowest BCUT2D eigenvalue weighted by Gasteiger charge is -2.14. The van der Waals surface area contributed by atoms with E-state index in [4.69, 9.17) is 15.2 Å². The van der Waals surface area contributed by atoms with E-state index < -0.39 is 0 Å². The molecule has 0 saturated carbocycles. The van der Waals surface area contributed by atoms with E-state index in [1.165, 1.54) is 5.56 Å². The highest BCUT2D eigenvalue weighted by Gasteiger charge is 2.07. The molecular formula is C17H21NO2. The minimum atomic E-state index is -0.147. The van der Waals surface area contributed by atoms with E-state index in [2.05, 4.69) is 0 Å². The molecule has 0 saturated heterocycles. The molecule has 0 aliphatic carbocycles. The van der Waals surface area contributed by atoms with Gasteiger partial charge in [0.25, 0.3) is 0 Å². The Kier molecular flexibility index (Phi) is 5.02. The van der Waals surface area contributed by atoms with E-state index in [1.807, 2.05) is 62.4 Å². The smallest absolute Gasteiger partial charge is 0.119 e. The van der Waals surface area contributed by atoms with Gasteiger partial charge in [-0.05, 0) is 49.2 Å². The largest absolute Gasteiger partial charge is 0.494 e. The summed E-state index contributed by atoms with van der Waals surface area (Å²) in [7, 11) is 0. The summed E-state index contributed by atoms with van der Waals surface area (Å²) in [5, 5.41) is 0. The Morgan fingerprint density at radius 2 is 1.75 bits per heavy atom. The van der Waals surface area contributed by atoms with Crippen LogP contribution in [-0.2, 0) is 0 Å². The van der Waals surface area contributed by atoms with E-state index in [0.717, 1.165) is 17.1 Å². The monoisotopic (exact) mass is 271 g/mol. The molecule has 2 aromatic carbocycles. The Hall–Kier alpha value is -2.00. The molecule has 0 amide bonds. The van der Waals surface area contributed by atoms with Gasteiger partial charge in [0, 0.05) is 0 Å². The summed E-state index contributed by atoms with van der Waals surface area (Å²) in [6.07, 6.45) is 0. The predicted molar refractivity (Wildman–Crippen MR) is 81.2 cm³/mol. The van der Waals surface area contributed by atoms with Gasteiger partial charge in [0.1, 0.15) is 18.1 Å². The molecule has 0 spiro atoms. The molecule has 0 heterocycles.